The van der Waals surface area contributed by atoms with Crippen molar-refractivity contribution in [2.45, 2.75) is 64.1 Å². The third-order valence-corrected chi connectivity index (χ3v) is 5.05. The van der Waals surface area contributed by atoms with Crippen molar-refractivity contribution in [3.63, 3.8) is 0 Å². The van der Waals surface area contributed by atoms with Gasteiger partial charge in [0.15, 0.2) is 0 Å². The molecule has 2 aliphatic rings. The molecule has 25 heavy (non-hydrogen) atoms. The van der Waals surface area contributed by atoms with Crippen LogP contribution in [0.4, 0.5) is 4.79 Å². The van der Waals surface area contributed by atoms with Gasteiger partial charge in [-0.3, -0.25) is 9.69 Å². The Bertz CT molecular complexity index is 638. The number of carbonyl (C=O) groups is 2. The fourth-order valence-electron chi connectivity index (χ4n) is 3.88. The molecule has 136 valence electrons. The van der Waals surface area contributed by atoms with Gasteiger partial charge in [0.2, 0.25) is 5.91 Å². The van der Waals surface area contributed by atoms with Gasteiger partial charge in [0.1, 0.15) is 11.1 Å². The molecular weight excluding hydrogens is 316 g/mol. The van der Waals surface area contributed by atoms with E-state index in [0.29, 0.717) is 26.1 Å². The number of benzene rings is 1. The van der Waals surface area contributed by atoms with Crippen molar-refractivity contribution < 1.29 is 14.3 Å². The number of carbonyl (C=O) groups excluding carboxylic acids is 2. The van der Waals surface area contributed by atoms with Gasteiger partial charge in [-0.15, -0.1) is 0 Å². The van der Waals surface area contributed by atoms with E-state index < -0.39 is 11.1 Å². The number of ether oxygens (including phenoxy) is 1. The minimum Gasteiger partial charge on any atom is -0.444 e. The molecule has 2 amide bonds. The highest BCUT2D eigenvalue weighted by Gasteiger charge is 2.54. The maximum absolute atomic E-state index is 13.2. The zero-order valence-corrected chi connectivity index (χ0v) is 15.5. The molecule has 1 atom stereocenters. The Morgan fingerprint density at radius 2 is 1.84 bits per heavy atom. The van der Waals surface area contributed by atoms with E-state index in [4.69, 9.17) is 4.74 Å². The van der Waals surface area contributed by atoms with E-state index >= 15 is 0 Å². The predicted octanol–water partition coefficient (Wildman–Crippen LogP) is 3.58. The molecule has 0 bridgehead atoms. The number of rotatable bonds is 2. The van der Waals surface area contributed by atoms with Crippen LogP contribution in [-0.4, -0.2) is 46.0 Å². The van der Waals surface area contributed by atoms with Crippen LogP contribution >= 0.6 is 0 Å². The van der Waals surface area contributed by atoms with Gasteiger partial charge >= 0.3 is 6.09 Å². The monoisotopic (exact) mass is 344 g/mol. The van der Waals surface area contributed by atoms with Crippen molar-refractivity contribution in [1.29, 1.82) is 0 Å². The molecule has 5 nitrogen and oxygen atoms in total. The highest BCUT2D eigenvalue weighted by atomic mass is 16.6. The summed E-state index contributed by atoms with van der Waals surface area (Å²) in [5.41, 5.74) is -0.149. The molecule has 0 aromatic heterocycles. The molecule has 1 aromatic carbocycles. The smallest absolute Gasteiger partial charge is 0.411 e. The number of amides is 2. The van der Waals surface area contributed by atoms with E-state index in [2.05, 4.69) is 0 Å². The molecule has 2 saturated heterocycles. The van der Waals surface area contributed by atoms with E-state index in [9.17, 15) is 9.59 Å². The van der Waals surface area contributed by atoms with Crippen LogP contribution in [0, 0.1) is 0 Å². The van der Waals surface area contributed by atoms with Gasteiger partial charge in [0, 0.05) is 19.6 Å². The predicted molar refractivity (Wildman–Crippen MR) is 96.0 cm³/mol. The first-order valence-electron chi connectivity index (χ1n) is 9.16. The summed E-state index contributed by atoms with van der Waals surface area (Å²) in [4.78, 5) is 29.6. The van der Waals surface area contributed by atoms with Gasteiger partial charge in [0.25, 0.3) is 0 Å². The first-order chi connectivity index (χ1) is 11.8. The van der Waals surface area contributed by atoms with Crippen molar-refractivity contribution in [2.24, 2.45) is 0 Å². The highest BCUT2D eigenvalue weighted by molar-refractivity contribution is 5.92. The summed E-state index contributed by atoms with van der Waals surface area (Å²) >= 11 is 0. The van der Waals surface area contributed by atoms with Crippen molar-refractivity contribution in [1.82, 2.24) is 9.80 Å². The zero-order valence-electron chi connectivity index (χ0n) is 15.5. The minimum absolute atomic E-state index is 0.0712. The third-order valence-electron chi connectivity index (χ3n) is 5.05. The lowest BCUT2D eigenvalue weighted by molar-refractivity contribution is -0.140. The summed E-state index contributed by atoms with van der Waals surface area (Å²) in [5, 5.41) is 0. The topological polar surface area (TPSA) is 49.9 Å². The first kappa shape index (κ1) is 17.8. The Morgan fingerprint density at radius 1 is 1.12 bits per heavy atom. The van der Waals surface area contributed by atoms with E-state index in [1.165, 1.54) is 0 Å². The Balaban J connectivity index is 1.78. The second-order valence-corrected chi connectivity index (χ2v) is 8.08. The molecule has 0 N–H and O–H groups in total. The first-order valence-corrected chi connectivity index (χ1v) is 9.16. The molecular formula is C20H28N2O3. The van der Waals surface area contributed by atoms with Crippen LogP contribution in [-0.2, 0) is 16.1 Å². The summed E-state index contributed by atoms with van der Waals surface area (Å²) in [6.45, 7) is 7.47. The fraction of sp³-hybridized carbons (Fsp3) is 0.600. The van der Waals surface area contributed by atoms with E-state index in [1.807, 2.05) is 56.0 Å². The van der Waals surface area contributed by atoms with Crippen molar-refractivity contribution in [3.8, 4) is 0 Å². The largest absolute Gasteiger partial charge is 0.444 e. The van der Waals surface area contributed by atoms with E-state index in [-0.39, 0.29) is 12.0 Å². The van der Waals surface area contributed by atoms with Crippen molar-refractivity contribution in [3.05, 3.63) is 35.9 Å². The molecule has 2 aliphatic heterocycles. The fourth-order valence-corrected chi connectivity index (χ4v) is 3.88. The average molecular weight is 344 g/mol. The summed E-state index contributed by atoms with van der Waals surface area (Å²) in [6.07, 6.45) is 2.97. The van der Waals surface area contributed by atoms with Crippen LogP contribution < -0.4 is 0 Å². The number of piperidine rings is 1. The molecule has 0 aliphatic carbocycles. The SMILES string of the molecule is CC(C)(C)OC(=O)N1CCCCC12CCN(Cc1ccccc1)C2=O. The lowest BCUT2D eigenvalue weighted by Gasteiger charge is -2.43. The van der Waals surface area contributed by atoms with Gasteiger partial charge in [-0.05, 0) is 52.0 Å². The summed E-state index contributed by atoms with van der Waals surface area (Å²) in [7, 11) is 0. The third kappa shape index (κ3) is 3.65. The average Bonchev–Trinajstić information content (AvgIpc) is 2.85. The van der Waals surface area contributed by atoms with Gasteiger partial charge in [0.05, 0.1) is 0 Å². The molecule has 1 spiro atoms. The maximum atomic E-state index is 13.2. The summed E-state index contributed by atoms with van der Waals surface area (Å²) in [5.74, 6) is 0.0712. The quantitative estimate of drug-likeness (QED) is 0.824. The van der Waals surface area contributed by atoms with Gasteiger partial charge in [-0.1, -0.05) is 30.3 Å². The second kappa shape index (κ2) is 6.70. The van der Waals surface area contributed by atoms with Gasteiger partial charge < -0.3 is 9.64 Å². The number of hydrogen-bond acceptors (Lipinski definition) is 3. The zero-order chi connectivity index (χ0) is 18.1. The summed E-state index contributed by atoms with van der Waals surface area (Å²) in [6, 6.07) is 10.0. The highest BCUT2D eigenvalue weighted by Crippen LogP contribution is 2.39. The number of hydrogen-bond donors (Lipinski definition) is 0. The molecule has 0 radical (unpaired) electrons. The molecule has 2 heterocycles. The van der Waals surface area contributed by atoms with Crippen LogP contribution in [0.1, 0.15) is 52.0 Å². The Labute approximate surface area is 149 Å². The molecule has 1 unspecified atom stereocenters. The minimum atomic E-state index is -0.713. The van der Waals surface area contributed by atoms with Crippen LogP contribution in [0.25, 0.3) is 0 Å². The number of nitrogens with zero attached hydrogens (tertiary/aromatic N) is 2. The molecule has 3 rings (SSSR count). The van der Waals surface area contributed by atoms with Crippen LogP contribution in [0.2, 0.25) is 0 Å². The normalized spacial score (nSPS) is 24.0. The Hall–Kier alpha value is -2.04. The van der Waals surface area contributed by atoms with Crippen LogP contribution in [0.5, 0.6) is 0 Å². The van der Waals surface area contributed by atoms with E-state index in [1.54, 1.807) is 4.90 Å². The Morgan fingerprint density at radius 3 is 2.52 bits per heavy atom. The van der Waals surface area contributed by atoms with Gasteiger partial charge in [-0.2, -0.15) is 0 Å². The molecule has 0 saturated carbocycles. The molecule has 5 heteroatoms. The number of likely N-dealkylation sites (tertiary alicyclic amines) is 2. The standard InChI is InChI=1S/C20H28N2O3/c1-19(2,3)25-18(24)22-13-8-7-11-20(22)12-14-21(17(20)23)15-16-9-5-4-6-10-16/h4-6,9-10H,7-8,11-15H2,1-3H3. The summed E-state index contributed by atoms with van der Waals surface area (Å²) < 4.78 is 5.58. The lowest BCUT2D eigenvalue weighted by Crippen LogP contribution is -2.59. The van der Waals surface area contributed by atoms with Crippen molar-refractivity contribution in [2.75, 3.05) is 13.1 Å². The molecule has 2 fully saturated rings. The van der Waals surface area contributed by atoms with Crippen LogP contribution in [0.3, 0.4) is 0 Å². The second-order valence-electron chi connectivity index (χ2n) is 8.08. The lowest BCUT2D eigenvalue weighted by atomic mass is 9.85. The van der Waals surface area contributed by atoms with Crippen LogP contribution in [0.15, 0.2) is 30.3 Å². The molecule has 1 aromatic rings. The van der Waals surface area contributed by atoms with Gasteiger partial charge in [-0.25, -0.2) is 4.79 Å². The Kier molecular flexibility index (Phi) is 4.76. The maximum Gasteiger partial charge on any atom is 0.411 e. The van der Waals surface area contributed by atoms with E-state index in [0.717, 1.165) is 24.8 Å². The van der Waals surface area contributed by atoms with Crippen molar-refractivity contribution >= 4 is 12.0 Å².